The van der Waals surface area contributed by atoms with Gasteiger partial charge in [0.2, 0.25) is 0 Å². The number of rotatable bonds is 2. The Hall–Kier alpha value is -0.595. The molecule has 5 nitrogen and oxygen atoms in total. The zero-order valence-electron chi connectivity index (χ0n) is 10.6. The number of benzene rings is 1. The summed E-state index contributed by atoms with van der Waals surface area (Å²) in [5.74, 6) is 0. The average molecular weight is 304 g/mol. The van der Waals surface area contributed by atoms with Crippen molar-refractivity contribution >= 4 is 32.3 Å². The zero-order valence-corrected chi connectivity index (χ0v) is 12.2. The van der Waals surface area contributed by atoms with Gasteiger partial charge in [-0.2, -0.15) is 0 Å². The molecule has 1 saturated heterocycles. The Morgan fingerprint density at radius 1 is 1.16 bits per heavy atom. The van der Waals surface area contributed by atoms with Gasteiger partial charge in [-0.25, -0.2) is 8.42 Å². The summed E-state index contributed by atoms with van der Waals surface area (Å²) < 4.78 is 33.5. The predicted molar refractivity (Wildman–Crippen MR) is 74.3 cm³/mol. The summed E-state index contributed by atoms with van der Waals surface area (Å²) >= 11 is 0. The highest BCUT2D eigenvalue weighted by Crippen LogP contribution is 2.13. The summed E-state index contributed by atoms with van der Waals surface area (Å²) in [6.45, 7) is 2.81. The van der Waals surface area contributed by atoms with E-state index in [1.54, 1.807) is 12.1 Å². The molecule has 1 aromatic rings. The summed E-state index contributed by atoms with van der Waals surface area (Å²) in [6.07, 6.45) is 0. The van der Waals surface area contributed by atoms with Gasteiger partial charge in [0.15, 0.2) is 0 Å². The second-order valence-electron chi connectivity index (χ2n) is 4.38. The first kappa shape index (κ1) is 14.8. The van der Waals surface area contributed by atoms with E-state index in [9.17, 15) is 8.42 Å². The molecule has 0 N–H and O–H groups in total. The summed E-state index contributed by atoms with van der Waals surface area (Å²) in [4.78, 5) is 2.20. The maximum atomic E-state index is 11.2. The molecule has 1 aromatic carbocycles. The molecule has 1 aliphatic rings. The molecular formula is C11H15BClNO4S. The van der Waals surface area contributed by atoms with Crippen molar-refractivity contribution < 1.29 is 17.7 Å². The van der Waals surface area contributed by atoms with Crippen molar-refractivity contribution in [3.63, 3.8) is 0 Å². The quantitative estimate of drug-likeness (QED) is 0.580. The van der Waals surface area contributed by atoms with Crippen LogP contribution in [0.2, 0.25) is 0 Å². The number of likely N-dealkylation sites (N-methyl/N-ethyl adjacent to an activating group) is 1. The molecule has 0 radical (unpaired) electrons. The monoisotopic (exact) mass is 303 g/mol. The van der Waals surface area contributed by atoms with Crippen molar-refractivity contribution in [2.45, 2.75) is 4.90 Å². The molecule has 0 amide bonds. The molecule has 0 saturated carbocycles. The van der Waals surface area contributed by atoms with E-state index in [4.69, 9.17) is 20.0 Å². The second-order valence-corrected chi connectivity index (χ2v) is 6.95. The number of hydrogen-bond donors (Lipinski definition) is 0. The third-order valence-corrected chi connectivity index (χ3v) is 4.29. The Balaban J connectivity index is 2.09. The summed E-state index contributed by atoms with van der Waals surface area (Å²) in [5, 5.41) is 0. The van der Waals surface area contributed by atoms with Crippen LogP contribution in [0.1, 0.15) is 0 Å². The van der Waals surface area contributed by atoms with Crippen LogP contribution in [-0.2, 0) is 18.4 Å². The van der Waals surface area contributed by atoms with E-state index < -0.39 is 16.2 Å². The van der Waals surface area contributed by atoms with E-state index in [1.165, 1.54) is 12.1 Å². The van der Waals surface area contributed by atoms with Crippen molar-refractivity contribution in [3.8, 4) is 0 Å². The van der Waals surface area contributed by atoms with Gasteiger partial charge in [-0.05, 0) is 24.6 Å². The highest BCUT2D eigenvalue weighted by molar-refractivity contribution is 8.13. The third-order valence-electron chi connectivity index (χ3n) is 2.92. The van der Waals surface area contributed by atoms with Gasteiger partial charge in [-0.15, -0.1) is 0 Å². The molecular weight excluding hydrogens is 288 g/mol. The number of halogens is 1. The minimum Gasteiger partial charge on any atom is -0.406 e. The van der Waals surface area contributed by atoms with Gasteiger partial charge in [0.25, 0.3) is 9.05 Å². The normalized spacial score (nSPS) is 18.9. The van der Waals surface area contributed by atoms with Crippen molar-refractivity contribution in [1.29, 1.82) is 0 Å². The summed E-state index contributed by atoms with van der Waals surface area (Å²) in [7, 11) is 3.13. The number of nitrogens with zero attached hydrogens (tertiary/aromatic N) is 1. The van der Waals surface area contributed by atoms with E-state index in [2.05, 4.69) is 4.90 Å². The smallest absolute Gasteiger partial charge is 0.406 e. The summed E-state index contributed by atoms with van der Waals surface area (Å²) in [5.41, 5.74) is 0.786. The minimum atomic E-state index is -3.69. The Bertz CT molecular complexity index is 512. The van der Waals surface area contributed by atoms with Gasteiger partial charge < -0.3 is 14.2 Å². The molecule has 8 heteroatoms. The van der Waals surface area contributed by atoms with Crippen LogP contribution in [-0.4, -0.2) is 53.8 Å². The lowest BCUT2D eigenvalue weighted by molar-refractivity contribution is 0.132. The lowest BCUT2D eigenvalue weighted by Gasteiger charge is -2.24. The Morgan fingerprint density at radius 2 is 1.68 bits per heavy atom. The fourth-order valence-corrected chi connectivity index (χ4v) is 2.54. The molecule has 1 fully saturated rings. The van der Waals surface area contributed by atoms with Crippen LogP contribution in [0, 0.1) is 0 Å². The molecule has 104 valence electrons. The Labute approximate surface area is 118 Å². The lowest BCUT2D eigenvalue weighted by Crippen LogP contribution is -2.43. The first-order chi connectivity index (χ1) is 8.97. The van der Waals surface area contributed by atoms with Gasteiger partial charge in [0.1, 0.15) is 0 Å². The maximum absolute atomic E-state index is 11.2. The van der Waals surface area contributed by atoms with Gasteiger partial charge >= 0.3 is 7.12 Å². The van der Waals surface area contributed by atoms with Gasteiger partial charge in [-0.3, -0.25) is 0 Å². The minimum absolute atomic E-state index is 0.0727. The van der Waals surface area contributed by atoms with E-state index in [-0.39, 0.29) is 4.90 Å². The highest BCUT2D eigenvalue weighted by atomic mass is 35.7. The second kappa shape index (κ2) is 6.24. The molecule has 0 atom stereocenters. The number of hydrogen-bond acceptors (Lipinski definition) is 5. The van der Waals surface area contributed by atoms with Crippen LogP contribution in [0.15, 0.2) is 29.2 Å². The molecule has 0 aliphatic carbocycles. The molecule has 0 spiro atoms. The van der Waals surface area contributed by atoms with Gasteiger partial charge in [-0.1, -0.05) is 12.1 Å². The van der Waals surface area contributed by atoms with Crippen LogP contribution in [0.5, 0.6) is 0 Å². The lowest BCUT2D eigenvalue weighted by atomic mass is 9.79. The molecule has 1 heterocycles. The molecule has 0 aromatic heterocycles. The van der Waals surface area contributed by atoms with Gasteiger partial charge in [0.05, 0.1) is 4.90 Å². The zero-order chi connectivity index (χ0) is 13.9. The summed E-state index contributed by atoms with van der Waals surface area (Å²) in [6, 6.07) is 6.22. The van der Waals surface area contributed by atoms with Crippen LogP contribution in [0.25, 0.3) is 0 Å². The van der Waals surface area contributed by atoms with Crippen molar-refractivity contribution in [2.75, 3.05) is 33.4 Å². The van der Waals surface area contributed by atoms with Crippen LogP contribution in [0.3, 0.4) is 0 Å². The van der Waals surface area contributed by atoms with Gasteiger partial charge in [0, 0.05) is 37.0 Å². The first-order valence-electron chi connectivity index (χ1n) is 5.93. The third kappa shape index (κ3) is 4.19. The van der Waals surface area contributed by atoms with Crippen molar-refractivity contribution in [2.24, 2.45) is 0 Å². The van der Waals surface area contributed by atoms with Crippen LogP contribution in [0.4, 0.5) is 0 Å². The molecule has 0 bridgehead atoms. The molecule has 2 rings (SSSR count). The first-order valence-corrected chi connectivity index (χ1v) is 8.24. The molecule has 0 unspecified atom stereocenters. The van der Waals surface area contributed by atoms with E-state index >= 15 is 0 Å². The molecule has 19 heavy (non-hydrogen) atoms. The fourth-order valence-electron chi connectivity index (χ4n) is 1.77. The largest absolute Gasteiger partial charge is 0.493 e. The van der Waals surface area contributed by atoms with E-state index in [0.717, 1.165) is 18.6 Å². The Morgan fingerprint density at radius 3 is 2.16 bits per heavy atom. The SMILES string of the molecule is CN1CCOB(c2ccc(S(=O)(=O)Cl)cc2)OCC1. The van der Waals surface area contributed by atoms with Crippen LogP contribution >= 0.6 is 10.7 Å². The van der Waals surface area contributed by atoms with E-state index in [0.29, 0.717) is 13.2 Å². The van der Waals surface area contributed by atoms with Crippen molar-refractivity contribution in [1.82, 2.24) is 4.90 Å². The molecule has 1 aliphatic heterocycles. The highest BCUT2D eigenvalue weighted by Gasteiger charge is 2.24. The van der Waals surface area contributed by atoms with E-state index in [1.807, 2.05) is 7.05 Å². The van der Waals surface area contributed by atoms with Crippen molar-refractivity contribution in [3.05, 3.63) is 24.3 Å². The fraction of sp³-hybridized carbons (Fsp3) is 0.455. The Kier molecular flexibility index (Phi) is 4.86. The average Bonchev–Trinajstić information content (AvgIpc) is 2.33. The topological polar surface area (TPSA) is 55.8 Å². The maximum Gasteiger partial charge on any atom is 0.493 e. The van der Waals surface area contributed by atoms with Crippen LogP contribution < -0.4 is 5.46 Å². The predicted octanol–water partition coefficient (Wildman–Crippen LogP) is 0.288. The standard InChI is InChI=1S/C11H15BClNO4S/c1-14-6-8-17-12(18-9-7-14)10-2-4-11(5-3-10)19(13,15)16/h2-5H,6-9H2,1H3.